The molecule has 0 unspecified atom stereocenters. The minimum Gasteiger partial charge on any atom is -0.337 e. The highest BCUT2D eigenvalue weighted by Gasteiger charge is 2.29. The summed E-state index contributed by atoms with van der Waals surface area (Å²) < 4.78 is 28.5. The van der Waals surface area contributed by atoms with E-state index >= 15 is 0 Å². The monoisotopic (exact) mass is 428 g/mol. The number of piperazine rings is 1. The summed E-state index contributed by atoms with van der Waals surface area (Å²) in [6.07, 6.45) is 6.62. The first-order chi connectivity index (χ1) is 12.8. The van der Waals surface area contributed by atoms with Gasteiger partial charge in [0.05, 0.1) is 21.1 Å². The number of nitrogens with zero attached hydrogens (tertiary/aromatic N) is 4. The summed E-state index contributed by atoms with van der Waals surface area (Å²) in [6.45, 7) is 1.07. The predicted molar refractivity (Wildman–Crippen MR) is 104 cm³/mol. The molecule has 144 valence electrons. The van der Waals surface area contributed by atoms with Crippen molar-refractivity contribution in [3.63, 3.8) is 0 Å². The number of hydrogen-bond donors (Lipinski definition) is 0. The lowest BCUT2D eigenvalue weighted by Gasteiger charge is -2.33. The number of rotatable bonds is 4. The Morgan fingerprint density at radius 2 is 1.85 bits per heavy atom. The number of carbonyl (C=O) groups is 1. The molecule has 0 saturated carbocycles. The quantitative estimate of drug-likeness (QED) is 0.699. The van der Waals surface area contributed by atoms with Gasteiger partial charge in [-0.2, -0.15) is 9.40 Å². The lowest BCUT2D eigenvalue weighted by Crippen LogP contribution is -2.50. The molecule has 1 aliphatic heterocycles. The summed E-state index contributed by atoms with van der Waals surface area (Å²) in [5, 5.41) is 4.52. The average molecular weight is 429 g/mol. The molecule has 27 heavy (non-hydrogen) atoms. The number of amides is 1. The van der Waals surface area contributed by atoms with Gasteiger partial charge in [-0.05, 0) is 24.3 Å². The fraction of sp³-hybridized carbons (Fsp3) is 0.294. The molecule has 1 aromatic carbocycles. The van der Waals surface area contributed by atoms with E-state index in [4.69, 9.17) is 23.2 Å². The zero-order valence-corrected chi connectivity index (χ0v) is 16.9. The molecule has 0 spiro atoms. The minimum atomic E-state index is -3.68. The van der Waals surface area contributed by atoms with Crippen LogP contribution in [-0.4, -0.2) is 59.5 Å². The first-order valence-electron chi connectivity index (χ1n) is 8.18. The van der Waals surface area contributed by atoms with Gasteiger partial charge in [-0.15, -0.1) is 0 Å². The second-order valence-corrected chi connectivity index (χ2v) is 8.84. The molecule has 0 atom stereocenters. The van der Waals surface area contributed by atoms with Crippen molar-refractivity contribution >= 4 is 45.2 Å². The molecular formula is C17H18Cl2N4O3S. The van der Waals surface area contributed by atoms with Crippen LogP contribution in [0.2, 0.25) is 10.0 Å². The second kappa shape index (κ2) is 8.02. The molecule has 0 bridgehead atoms. The number of sulfonamides is 1. The largest absolute Gasteiger partial charge is 0.337 e. The number of aryl methyl sites for hydroxylation is 1. The van der Waals surface area contributed by atoms with Crippen molar-refractivity contribution in [3.05, 3.63) is 52.3 Å². The van der Waals surface area contributed by atoms with Crippen molar-refractivity contribution < 1.29 is 13.2 Å². The fourth-order valence-electron chi connectivity index (χ4n) is 2.73. The van der Waals surface area contributed by atoms with Gasteiger partial charge in [-0.25, -0.2) is 8.42 Å². The van der Waals surface area contributed by atoms with E-state index in [0.29, 0.717) is 18.1 Å². The Morgan fingerprint density at radius 1 is 1.15 bits per heavy atom. The Labute approximate surface area is 167 Å². The van der Waals surface area contributed by atoms with Crippen molar-refractivity contribution in [2.75, 3.05) is 26.2 Å². The first-order valence-corrected chi connectivity index (χ1v) is 10.4. The van der Waals surface area contributed by atoms with Crippen molar-refractivity contribution in [2.24, 2.45) is 7.05 Å². The Bertz CT molecular complexity index is 980. The lowest BCUT2D eigenvalue weighted by molar-refractivity contribution is -0.127. The van der Waals surface area contributed by atoms with Crippen LogP contribution < -0.4 is 0 Å². The van der Waals surface area contributed by atoms with E-state index in [1.54, 1.807) is 35.1 Å². The minimum absolute atomic E-state index is 0.0909. The lowest BCUT2D eigenvalue weighted by atomic mass is 10.3. The summed E-state index contributed by atoms with van der Waals surface area (Å²) in [4.78, 5) is 14.0. The van der Waals surface area contributed by atoms with Gasteiger partial charge < -0.3 is 4.90 Å². The molecule has 3 rings (SSSR count). The fourth-order valence-corrected chi connectivity index (χ4v) is 4.55. The van der Waals surface area contributed by atoms with Crippen LogP contribution in [0.5, 0.6) is 0 Å². The van der Waals surface area contributed by atoms with E-state index in [2.05, 4.69) is 5.10 Å². The van der Waals surface area contributed by atoms with E-state index in [1.165, 1.54) is 28.6 Å². The number of halogens is 2. The first kappa shape index (κ1) is 19.9. The zero-order valence-electron chi connectivity index (χ0n) is 14.5. The van der Waals surface area contributed by atoms with Crippen LogP contribution >= 0.6 is 23.2 Å². The van der Waals surface area contributed by atoms with Crippen LogP contribution in [-0.2, 0) is 21.9 Å². The number of aromatic nitrogens is 2. The van der Waals surface area contributed by atoms with Crippen LogP contribution in [0.4, 0.5) is 0 Å². The van der Waals surface area contributed by atoms with E-state index in [1.807, 2.05) is 0 Å². The van der Waals surface area contributed by atoms with Crippen molar-refractivity contribution in [2.45, 2.75) is 4.90 Å². The molecule has 1 fully saturated rings. The van der Waals surface area contributed by atoms with Gasteiger partial charge in [0.15, 0.2) is 0 Å². The van der Waals surface area contributed by atoms with Crippen molar-refractivity contribution in [1.82, 2.24) is 19.0 Å². The molecule has 0 N–H and O–H groups in total. The van der Waals surface area contributed by atoms with Crippen LogP contribution in [0.1, 0.15) is 5.56 Å². The van der Waals surface area contributed by atoms with E-state index in [0.717, 1.165) is 5.56 Å². The molecule has 0 radical (unpaired) electrons. The Hall–Kier alpha value is -1.87. The highest BCUT2D eigenvalue weighted by Crippen LogP contribution is 2.27. The second-order valence-electron chi connectivity index (χ2n) is 6.09. The van der Waals surface area contributed by atoms with Crippen LogP contribution in [0.3, 0.4) is 0 Å². The molecule has 1 saturated heterocycles. The van der Waals surface area contributed by atoms with Gasteiger partial charge in [-0.1, -0.05) is 23.2 Å². The average Bonchev–Trinajstić information content (AvgIpc) is 3.07. The van der Waals surface area contributed by atoms with Crippen molar-refractivity contribution in [1.29, 1.82) is 0 Å². The van der Waals surface area contributed by atoms with Gasteiger partial charge in [0.1, 0.15) is 0 Å². The standard InChI is InChI=1S/C17H18Cl2N4O3S/c1-21-12-13(11-20-21)2-5-17(24)22-6-8-23(9-7-22)27(25,26)14-3-4-15(18)16(19)10-14/h2-5,10-12H,6-9H2,1H3. The molecule has 1 aromatic heterocycles. The molecule has 2 aromatic rings. The van der Waals surface area contributed by atoms with Gasteiger partial charge in [0, 0.05) is 51.1 Å². The Morgan fingerprint density at radius 3 is 2.44 bits per heavy atom. The molecular weight excluding hydrogens is 411 g/mol. The molecule has 10 heteroatoms. The summed E-state index contributed by atoms with van der Waals surface area (Å²) in [5.74, 6) is -0.162. The van der Waals surface area contributed by atoms with Gasteiger partial charge in [-0.3, -0.25) is 9.48 Å². The van der Waals surface area contributed by atoms with Gasteiger partial charge in [0.25, 0.3) is 0 Å². The molecule has 7 nitrogen and oxygen atoms in total. The van der Waals surface area contributed by atoms with Gasteiger partial charge in [0.2, 0.25) is 15.9 Å². The smallest absolute Gasteiger partial charge is 0.246 e. The summed E-state index contributed by atoms with van der Waals surface area (Å²) in [5.41, 5.74) is 0.826. The number of benzene rings is 1. The van der Waals surface area contributed by atoms with E-state index in [9.17, 15) is 13.2 Å². The topological polar surface area (TPSA) is 75.5 Å². The predicted octanol–water partition coefficient (Wildman–Crippen LogP) is 2.27. The Kier molecular flexibility index (Phi) is 5.90. The Balaban J connectivity index is 1.63. The number of hydrogen-bond acceptors (Lipinski definition) is 4. The SMILES string of the molecule is Cn1cc(C=CC(=O)N2CCN(S(=O)(=O)c3ccc(Cl)c(Cl)c3)CC2)cn1. The third-order valence-corrected chi connectivity index (χ3v) is 6.86. The molecule has 1 aliphatic rings. The highest BCUT2D eigenvalue weighted by molar-refractivity contribution is 7.89. The third kappa shape index (κ3) is 4.52. The maximum absolute atomic E-state index is 12.7. The van der Waals surface area contributed by atoms with Crippen LogP contribution in [0, 0.1) is 0 Å². The maximum Gasteiger partial charge on any atom is 0.246 e. The summed E-state index contributed by atoms with van der Waals surface area (Å²) in [6, 6.07) is 4.23. The summed E-state index contributed by atoms with van der Waals surface area (Å²) in [7, 11) is -1.88. The molecule has 1 amide bonds. The van der Waals surface area contributed by atoms with E-state index < -0.39 is 10.0 Å². The number of carbonyl (C=O) groups excluding carboxylic acids is 1. The normalized spacial score (nSPS) is 16.2. The van der Waals surface area contributed by atoms with Gasteiger partial charge >= 0.3 is 0 Å². The highest BCUT2D eigenvalue weighted by atomic mass is 35.5. The van der Waals surface area contributed by atoms with Crippen LogP contribution in [0.25, 0.3) is 6.08 Å². The molecule has 0 aliphatic carbocycles. The third-order valence-electron chi connectivity index (χ3n) is 4.22. The zero-order chi connectivity index (χ0) is 19.6. The van der Waals surface area contributed by atoms with E-state index in [-0.39, 0.29) is 28.9 Å². The van der Waals surface area contributed by atoms with Crippen LogP contribution in [0.15, 0.2) is 41.6 Å². The molecule has 2 heterocycles. The maximum atomic E-state index is 12.7. The summed E-state index contributed by atoms with van der Waals surface area (Å²) >= 11 is 11.8. The van der Waals surface area contributed by atoms with Crippen molar-refractivity contribution in [3.8, 4) is 0 Å².